The first kappa shape index (κ1) is 17.5. The number of sulfonamides is 1. The lowest BCUT2D eigenvalue weighted by Gasteiger charge is -2.13. The van der Waals surface area contributed by atoms with Gasteiger partial charge >= 0.3 is 0 Å². The Morgan fingerprint density at radius 1 is 0.920 bits per heavy atom. The van der Waals surface area contributed by atoms with E-state index in [1.807, 2.05) is 42.5 Å². The molecule has 0 fully saturated rings. The van der Waals surface area contributed by atoms with Crippen LogP contribution in [0, 0.1) is 12.7 Å². The van der Waals surface area contributed by atoms with Crippen LogP contribution in [0.2, 0.25) is 0 Å². The summed E-state index contributed by atoms with van der Waals surface area (Å²) in [5.41, 5.74) is 0.848. The van der Waals surface area contributed by atoms with E-state index in [-0.39, 0.29) is 4.90 Å². The van der Waals surface area contributed by atoms with Gasteiger partial charge in [0.2, 0.25) is 0 Å². The summed E-state index contributed by atoms with van der Waals surface area (Å²) in [6.07, 6.45) is 0. The number of aryl methyl sites for hydroxylation is 1. The van der Waals surface area contributed by atoms with Crippen molar-refractivity contribution in [2.24, 2.45) is 0 Å². The van der Waals surface area contributed by atoms with Crippen molar-refractivity contribution in [3.63, 3.8) is 0 Å². The third-order valence-corrected chi connectivity index (χ3v) is 6.14. The van der Waals surface area contributed by atoms with E-state index in [2.05, 4.69) is 4.72 Å². The van der Waals surface area contributed by atoms with E-state index >= 15 is 0 Å². The van der Waals surface area contributed by atoms with Gasteiger partial charge in [0.1, 0.15) is 5.82 Å². The second-order valence-electron chi connectivity index (χ2n) is 5.43. The summed E-state index contributed by atoms with van der Waals surface area (Å²) in [5.74, 6) is -0.462. The number of hydrogen-bond acceptors (Lipinski definition) is 3. The second kappa shape index (κ2) is 7.29. The monoisotopic (exact) mass is 373 g/mol. The molecule has 0 atom stereocenters. The number of nitrogens with one attached hydrogen (secondary N) is 1. The molecule has 0 aliphatic rings. The molecule has 0 bridgehead atoms. The summed E-state index contributed by atoms with van der Waals surface area (Å²) in [6.45, 7) is 1.57. The number of rotatable bonds is 5. The van der Waals surface area contributed by atoms with Crippen molar-refractivity contribution >= 4 is 27.5 Å². The lowest BCUT2D eigenvalue weighted by molar-refractivity contribution is 0.598. The van der Waals surface area contributed by atoms with Crippen molar-refractivity contribution in [1.29, 1.82) is 0 Å². The quantitative estimate of drug-likeness (QED) is 0.678. The van der Waals surface area contributed by atoms with Gasteiger partial charge in [-0.1, -0.05) is 42.1 Å². The highest BCUT2D eigenvalue weighted by Crippen LogP contribution is 2.34. The lowest BCUT2D eigenvalue weighted by atomic mass is 10.2. The average molecular weight is 373 g/mol. The van der Waals surface area contributed by atoms with Crippen molar-refractivity contribution in [2.75, 3.05) is 4.72 Å². The molecule has 25 heavy (non-hydrogen) atoms. The minimum Gasteiger partial charge on any atom is -0.278 e. The van der Waals surface area contributed by atoms with E-state index in [1.54, 1.807) is 19.1 Å². The molecule has 6 heteroatoms. The Morgan fingerprint density at radius 2 is 1.60 bits per heavy atom. The summed E-state index contributed by atoms with van der Waals surface area (Å²) in [4.78, 5) is 1.86. The summed E-state index contributed by atoms with van der Waals surface area (Å²) >= 11 is 1.47. The van der Waals surface area contributed by atoms with Gasteiger partial charge in [-0.15, -0.1) is 0 Å². The van der Waals surface area contributed by atoms with Gasteiger partial charge in [-0.2, -0.15) is 0 Å². The van der Waals surface area contributed by atoms with Crippen LogP contribution < -0.4 is 4.72 Å². The van der Waals surface area contributed by atoms with Gasteiger partial charge in [-0.05, 0) is 55.0 Å². The Bertz CT molecular complexity index is 989. The lowest BCUT2D eigenvalue weighted by Crippen LogP contribution is -2.15. The molecule has 0 spiro atoms. The van der Waals surface area contributed by atoms with Crippen molar-refractivity contribution in [2.45, 2.75) is 21.6 Å². The van der Waals surface area contributed by atoms with Gasteiger partial charge in [0, 0.05) is 9.79 Å². The van der Waals surface area contributed by atoms with Crippen LogP contribution in [0.4, 0.5) is 10.1 Å². The summed E-state index contributed by atoms with van der Waals surface area (Å²) in [7, 11) is -3.81. The Labute approximate surface area is 151 Å². The van der Waals surface area contributed by atoms with Crippen LogP contribution in [0.15, 0.2) is 87.5 Å². The van der Waals surface area contributed by atoms with E-state index in [0.717, 1.165) is 15.9 Å². The Morgan fingerprint density at radius 3 is 2.32 bits per heavy atom. The van der Waals surface area contributed by atoms with Crippen LogP contribution in [0.25, 0.3) is 0 Å². The molecule has 0 unspecified atom stereocenters. The van der Waals surface area contributed by atoms with Gasteiger partial charge in [0.25, 0.3) is 10.0 Å². The zero-order valence-electron chi connectivity index (χ0n) is 13.4. The molecular weight excluding hydrogens is 357 g/mol. The topological polar surface area (TPSA) is 46.2 Å². The summed E-state index contributed by atoms with van der Waals surface area (Å²) in [5, 5.41) is 0. The molecule has 0 amide bonds. The SMILES string of the molecule is Cc1cc(F)ccc1S(=O)(=O)Nc1ccccc1Sc1ccccc1. The minimum atomic E-state index is -3.81. The van der Waals surface area contributed by atoms with Crippen molar-refractivity contribution in [3.05, 3.63) is 84.2 Å². The van der Waals surface area contributed by atoms with E-state index < -0.39 is 15.8 Å². The minimum absolute atomic E-state index is 0.0633. The number of hydrogen-bond donors (Lipinski definition) is 1. The molecule has 0 saturated heterocycles. The maximum absolute atomic E-state index is 13.3. The molecule has 3 rings (SSSR count). The first-order valence-corrected chi connectivity index (χ1v) is 9.86. The predicted octanol–water partition coefficient (Wildman–Crippen LogP) is 5.09. The highest BCUT2D eigenvalue weighted by Gasteiger charge is 2.19. The molecule has 1 N–H and O–H groups in total. The van der Waals surface area contributed by atoms with Gasteiger partial charge in [-0.3, -0.25) is 4.72 Å². The maximum atomic E-state index is 13.3. The molecule has 0 aliphatic carbocycles. The van der Waals surface area contributed by atoms with Crippen LogP contribution in [-0.4, -0.2) is 8.42 Å². The van der Waals surface area contributed by atoms with Gasteiger partial charge < -0.3 is 0 Å². The maximum Gasteiger partial charge on any atom is 0.262 e. The normalized spacial score (nSPS) is 11.3. The van der Waals surface area contributed by atoms with Crippen LogP contribution in [0.3, 0.4) is 0 Å². The Kier molecular flexibility index (Phi) is 5.11. The van der Waals surface area contributed by atoms with Crippen molar-refractivity contribution in [3.8, 4) is 0 Å². The molecule has 3 aromatic rings. The van der Waals surface area contributed by atoms with Crippen LogP contribution in [-0.2, 0) is 10.0 Å². The summed E-state index contributed by atoms with van der Waals surface area (Å²) in [6, 6.07) is 20.5. The number of anilines is 1. The van der Waals surface area contributed by atoms with Gasteiger partial charge in [0.15, 0.2) is 0 Å². The molecule has 0 aliphatic heterocycles. The second-order valence-corrected chi connectivity index (χ2v) is 8.19. The first-order chi connectivity index (χ1) is 12.0. The standard InChI is InChI=1S/C19H16FNO2S2/c1-14-13-15(20)11-12-19(14)25(22,23)21-17-9-5-6-10-18(17)24-16-7-3-2-4-8-16/h2-13,21H,1H3. The third-order valence-electron chi connectivity index (χ3n) is 3.53. The first-order valence-electron chi connectivity index (χ1n) is 7.56. The fraction of sp³-hybridized carbons (Fsp3) is 0.0526. The molecule has 3 aromatic carbocycles. The molecule has 3 nitrogen and oxygen atoms in total. The summed E-state index contributed by atoms with van der Waals surface area (Å²) < 4.78 is 41.3. The predicted molar refractivity (Wildman–Crippen MR) is 99.0 cm³/mol. The van der Waals surface area contributed by atoms with Gasteiger partial charge in [0.05, 0.1) is 10.6 Å². The Hall–Kier alpha value is -2.31. The van der Waals surface area contributed by atoms with Crippen molar-refractivity contribution in [1.82, 2.24) is 0 Å². The van der Waals surface area contributed by atoms with E-state index in [4.69, 9.17) is 0 Å². The fourth-order valence-electron chi connectivity index (χ4n) is 2.37. The van der Waals surface area contributed by atoms with E-state index in [0.29, 0.717) is 11.3 Å². The molecule has 128 valence electrons. The molecule has 0 heterocycles. The zero-order chi connectivity index (χ0) is 17.9. The number of benzene rings is 3. The highest BCUT2D eigenvalue weighted by atomic mass is 32.2. The van der Waals surface area contributed by atoms with E-state index in [1.165, 1.54) is 23.9 Å². The molecular formula is C19H16FNO2S2. The van der Waals surface area contributed by atoms with Crippen LogP contribution in [0.1, 0.15) is 5.56 Å². The number of para-hydroxylation sites is 1. The molecule has 0 aromatic heterocycles. The highest BCUT2D eigenvalue weighted by molar-refractivity contribution is 7.99. The molecule has 0 saturated carbocycles. The third kappa shape index (κ3) is 4.21. The fourth-order valence-corrected chi connectivity index (χ4v) is 4.66. The van der Waals surface area contributed by atoms with Crippen LogP contribution in [0.5, 0.6) is 0 Å². The van der Waals surface area contributed by atoms with Crippen molar-refractivity contribution < 1.29 is 12.8 Å². The number of halogens is 1. The van der Waals surface area contributed by atoms with Crippen LogP contribution >= 0.6 is 11.8 Å². The zero-order valence-corrected chi connectivity index (χ0v) is 15.1. The Balaban J connectivity index is 1.92. The smallest absolute Gasteiger partial charge is 0.262 e. The van der Waals surface area contributed by atoms with E-state index in [9.17, 15) is 12.8 Å². The molecule has 0 radical (unpaired) electrons. The largest absolute Gasteiger partial charge is 0.278 e. The van der Waals surface area contributed by atoms with Gasteiger partial charge in [-0.25, -0.2) is 12.8 Å². The average Bonchev–Trinajstić information content (AvgIpc) is 2.57.